The fourth-order valence-electron chi connectivity index (χ4n) is 2.90. The fraction of sp³-hybridized carbons (Fsp3) is 0.278. The summed E-state index contributed by atoms with van der Waals surface area (Å²) < 4.78 is 0. The van der Waals surface area contributed by atoms with Crippen LogP contribution in [-0.2, 0) is 0 Å². The van der Waals surface area contributed by atoms with E-state index in [9.17, 15) is 9.59 Å². The molecule has 6 heteroatoms. The summed E-state index contributed by atoms with van der Waals surface area (Å²) in [6, 6.07) is 8.89. The van der Waals surface area contributed by atoms with Crippen molar-refractivity contribution in [2.24, 2.45) is 0 Å². The Morgan fingerprint density at radius 1 is 1.08 bits per heavy atom. The number of nitrogens with one attached hydrogen (secondary N) is 1. The molecule has 0 unspecified atom stereocenters. The van der Waals surface area contributed by atoms with Gasteiger partial charge in [0.1, 0.15) is 0 Å². The Kier molecular flexibility index (Phi) is 4.74. The van der Waals surface area contributed by atoms with Gasteiger partial charge < -0.3 is 15.3 Å². The van der Waals surface area contributed by atoms with Crippen molar-refractivity contribution in [2.75, 3.05) is 23.3 Å². The number of nitrogens with zero attached hydrogens (tertiary/aromatic N) is 2. The van der Waals surface area contributed by atoms with Crippen molar-refractivity contribution in [3.8, 4) is 0 Å². The van der Waals surface area contributed by atoms with Gasteiger partial charge in [0.15, 0.2) is 0 Å². The first-order chi connectivity index (χ1) is 11.6. The summed E-state index contributed by atoms with van der Waals surface area (Å²) >= 11 is 0. The molecule has 0 atom stereocenters. The van der Waals surface area contributed by atoms with Crippen LogP contribution >= 0.6 is 0 Å². The van der Waals surface area contributed by atoms with E-state index in [1.54, 1.807) is 6.07 Å². The SMILES string of the molecule is O=C(O)c1cncc(NC(=O)c2ccccc2N2CCCCC2)c1. The summed E-state index contributed by atoms with van der Waals surface area (Å²) in [6.07, 6.45) is 6.16. The topological polar surface area (TPSA) is 82.5 Å². The molecule has 2 heterocycles. The average molecular weight is 325 g/mol. The molecule has 0 bridgehead atoms. The Morgan fingerprint density at radius 3 is 2.58 bits per heavy atom. The van der Waals surface area contributed by atoms with Crippen LogP contribution in [0.15, 0.2) is 42.7 Å². The smallest absolute Gasteiger partial charge is 0.337 e. The van der Waals surface area contributed by atoms with E-state index in [0.29, 0.717) is 11.3 Å². The molecule has 2 aromatic rings. The van der Waals surface area contributed by atoms with Crippen LogP contribution < -0.4 is 10.2 Å². The molecule has 0 aliphatic carbocycles. The van der Waals surface area contributed by atoms with Gasteiger partial charge in [0, 0.05) is 25.0 Å². The van der Waals surface area contributed by atoms with Crippen molar-refractivity contribution in [3.63, 3.8) is 0 Å². The number of carboxylic acid groups (broad SMARTS) is 1. The zero-order valence-electron chi connectivity index (χ0n) is 13.2. The number of amides is 1. The first kappa shape index (κ1) is 16.0. The van der Waals surface area contributed by atoms with Gasteiger partial charge in [-0.15, -0.1) is 0 Å². The number of benzene rings is 1. The molecular weight excluding hydrogens is 306 g/mol. The number of hydrogen-bond donors (Lipinski definition) is 2. The van der Waals surface area contributed by atoms with Crippen LogP contribution in [0.3, 0.4) is 0 Å². The number of aromatic carboxylic acids is 1. The highest BCUT2D eigenvalue weighted by molar-refractivity contribution is 6.08. The number of carbonyl (C=O) groups is 2. The van der Waals surface area contributed by atoms with Crippen LogP contribution in [0.5, 0.6) is 0 Å². The van der Waals surface area contributed by atoms with Crippen molar-refractivity contribution in [2.45, 2.75) is 19.3 Å². The number of para-hydroxylation sites is 1. The minimum atomic E-state index is -1.08. The van der Waals surface area contributed by atoms with E-state index < -0.39 is 5.97 Å². The molecule has 1 fully saturated rings. The Morgan fingerprint density at radius 2 is 1.83 bits per heavy atom. The molecule has 1 aliphatic rings. The summed E-state index contributed by atoms with van der Waals surface area (Å²) in [6.45, 7) is 1.89. The van der Waals surface area contributed by atoms with Gasteiger partial charge in [0.2, 0.25) is 0 Å². The third kappa shape index (κ3) is 3.53. The van der Waals surface area contributed by atoms with E-state index in [1.807, 2.05) is 18.2 Å². The number of carboxylic acids is 1. The number of hydrogen-bond acceptors (Lipinski definition) is 4. The first-order valence-electron chi connectivity index (χ1n) is 7.99. The summed E-state index contributed by atoms with van der Waals surface area (Å²) in [5, 5.41) is 11.8. The minimum Gasteiger partial charge on any atom is -0.478 e. The third-order valence-corrected chi connectivity index (χ3v) is 4.09. The summed E-state index contributed by atoms with van der Waals surface area (Å²) in [4.78, 5) is 29.7. The Balaban J connectivity index is 1.82. The Bertz CT molecular complexity index is 755. The van der Waals surface area contributed by atoms with Crippen molar-refractivity contribution in [1.82, 2.24) is 4.98 Å². The summed E-state index contributed by atoms with van der Waals surface area (Å²) in [5.74, 6) is -1.34. The van der Waals surface area contributed by atoms with Gasteiger partial charge in [-0.1, -0.05) is 12.1 Å². The lowest BCUT2D eigenvalue weighted by Crippen LogP contribution is -2.31. The number of anilines is 2. The van der Waals surface area contributed by atoms with Crippen LogP contribution in [0.4, 0.5) is 11.4 Å². The van der Waals surface area contributed by atoms with Crippen LogP contribution in [0.2, 0.25) is 0 Å². The first-order valence-corrected chi connectivity index (χ1v) is 7.99. The van der Waals surface area contributed by atoms with Crippen molar-refractivity contribution in [3.05, 3.63) is 53.9 Å². The lowest BCUT2D eigenvalue weighted by molar-refractivity contribution is 0.0696. The van der Waals surface area contributed by atoms with E-state index in [2.05, 4.69) is 15.2 Å². The van der Waals surface area contributed by atoms with E-state index in [1.165, 1.54) is 24.9 Å². The van der Waals surface area contributed by atoms with E-state index in [-0.39, 0.29) is 11.5 Å². The molecule has 124 valence electrons. The fourth-order valence-corrected chi connectivity index (χ4v) is 2.90. The predicted molar refractivity (Wildman–Crippen MR) is 91.7 cm³/mol. The highest BCUT2D eigenvalue weighted by atomic mass is 16.4. The number of aromatic nitrogens is 1. The number of pyridine rings is 1. The second-order valence-corrected chi connectivity index (χ2v) is 5.79. The van der Waals surface area contributed by atoms with Crippen molar-refractivity contribution < 1.29 is 14.7 Å². The highest BCUT2D eigenvalue weighted by Gasteiger charge is 2.18. The number of piperidine rings is 1. The van der Waals surface area contributed by atoms with Crippen LogP contribution in [0.25, 0.3) is 0 Å². The largest absolute Gasteiger partial charge is 0.478 e. The van der Waals surface area contributed by atoms with E-state index in [0.717, 1.165) is 31.6 Å². The molecule has 0 spiro atoms. The lowest BCUT2D eigenvalue weighted by Gasteiger charge is -2.30. The zero-order chi connectivity index (χ0) is 16.9. The van der Waals surface area contributed by atoms with Gasteiger partial charge in [-0.05, 0) is 37.5 Å². The lowest BCUT2D eigenvalue weighted by atomic mass is 10.1. The maximum Gasteiger partial charge on any atom is 0.337 e. The second-order valence-electron chi connectivity index (χ2n) is 5.79. The van der Waals surface area contributed by atoms with Crippen molar-refractivity contribution >= 4 is 23.3 Å². The summed E-state index contributed by atoms with van der Waals surface area (Å²) in [7, 11) is 0. The van der Waals surface area contributed by atoms with Gasteiger partial charge in [-0.25, -0.2) is 4.79 Å². The van der Waals surface area contributed by atoms with Crippen LogP contribution in [0.1, 0.15) is 40.0 Å². The average Bonchev–Trinajstić information content (AvgIpc) is 2.62. The van der Waals surface area contributed by atoms with E-state index >= 15 is 0 Å². The predicted octanol–water partition coefficient (Wildman–Crippen LogP) is 3.02. The molecule has 1 saturated heterocycles. The molecule has 0 radical (unpaired) electrons. The van der Waals surface area contributed by atoms with Gasteiger partial charge in [0.25, 0.3) is 5.91 Å². The number of rotatable bonds is 4. The molecule has 2 N–H and O–H groups in total. The minimum absolute atomic E-state index is 0.0390. The van der Waals surface area contributed by atoms with Gasteiger partial charge in [0.05, 0.1) is 23.0 Å². The standard InChI is InChI=1S/C18H19N3O3/c22-17(20-14-10-13(18(23)24)11-19-12-14)15-6-2-3-7-16(15)21-8-4-1-5-9-21/h2-3,6-7,10-12H,1,4-5,8-9H2,(H,20,22)(H,23,24). The van der Waals surface area contributed by atoms with Gasteiger partial charge in [-0.3, -0.25) is 9.78 Å². The monoisotopic (exact) mass is 325 g/mol. The second kappa shape index (κ2) is 7.12. The van der Waals surface area contributed by atoms with Crippen LogP contribution in [0, 0.1) is 0 Å². The third-order valence-electron chi connectivity index (χ3n) is 4.09. The molecule has 1 amide bonds. The molecule has 1 aromatic heterocycles. The van der Waals surface area contributed by atoms with E-state index in [4.69, 9.17) is 5.11 Å². The maximum absolute atomic E-state index is 12.6. The highest BCUT2D eigenvalue weighted by Crippen LogP contribution is 2.25. The van der Waals surface area contributed by atoms with Crippen molar-refractivity contribution in [1.29, 1.82) is 0 Å². The number of carbonyl (C=O) groups excluding carboxylic acids is 1. The molecule has 6 nitrogen and oxygen atoms in total. The Hall–Kier alpha value is -2.89. The normalized spacial score (nSPS) is 14.2. The molecule has 1 aromatic carbocycles. The molecule has 0 saturated carbocycles. The van der Waals surface area contributed by atoms with Gasteiger partial charge >= 0.3 is 5.97 Å². The Labute approximate surface area is 140 Å². The molecule has 3 rings (SSSR count). The maximum atomic E-state index is 12.6. The molecule has 24 heavy (non-hydrogen) atoms. The zero-order valence-corrected chi connectivity index (χ0v) is 13.2. The quantitative estimate of drug-likeness (QED) is 0.903. The summed E-state index contributed by atoms with van der Waals surface area (Å²) in [5.41, 5.74) is 1.91. The van der Waals surface area contributed by atoms with Gasteiger partial charge in [-0.2, -0.15) is 0 Å². The molecular formula is C18H19N3O3. The molecule has 1 aliphatic heterocycles. The van der Waals surface area contributed by atoms with Crippen LogP contribution in [-0.4, -0.2) is 35.1 Å².